The number of rotatable bonds is 5. The van der Waals surface area contributed by atoms with E-state index in [1.165, 1.54) is 30.5 Å². The molecule has 37 heavy (non-hydrogen) atoms. The molecule has 0 aliphatic carbocycles. The van der Waals surface area contributed by atoms with Crippen LogP contribution in [0.1, 0.15) is 18.4 Å². The van der Waals surface area contributed by atoms with Crippen molar-refractivity contribution in [3.8, 4) is 33.6 Å². The zero-order chi connectivity index (χ0) is 24.8. The van der Waals surface area contributed by atoms with E-state index in [-0.39, 0.29) is 5.82 Å². The van der Waals surface area contributed by atoms with E-state index in [2.05, 4.69) is 60.4 Å². The Bertz CT molecular complexity index is 1740. The molecule has 0 radical (unpaired) electrons. The highest BCUT2D eigenvalue weighted by Gasteiger charge is 2.16. The Labute approximate surface area is 213 Å². The van der Waals surface area contributed by atoms with Crippen LogP contribution in [0.4, 0.5) is 4.39 Å². The van der Waals surface area contributed by atoms with Gasteiger partial charge in [-0.2, -0.15) is 5.10 Å². The van der Waals surface area contributed by atoms with Crippen molar-refractivity contribution >= 4 is 21.8 Å². The molecule has 0 spiro atoms. The van der Waals surface area contributed by atoms with Gasteiger partial charge in [-0.1, -0.05) is 18.2 Å². The summed E-state index contributed by atoms with van der Waals surface area (Å²) in [5, 5.41) is 9.80. The molecule has 6 aromatic rings. The van der Waals surface area contributed by atoms with Crippen LogP contribution in [-0.4, -0.2) is 43.1 Å². The number of likely N-dealkylation sites (tertiary alicyclic amines) is 1. The highest BCUT2D eigenvalue weighted by molar-refractivity contribution is 6.01. The Morgan fingerprint density at radius 2 is 1.68 bits per heavy atom. The van der Waals surface area contributed by atoms with Gasteiger partial charge >= 0.3 is 0 Å². The van der Waals surface area contributed by atoms with E-state index < -0.39 is 0 Å². The van der Waals surface area contributed by atoms with E-state index in [1.807, 2.05) is 18.5 Å². The Kier molecular flexibility index (Phi) is 5.29. The summed E-state index contributed by atoms with van der Waals surface area (Å²) in [6.45, 7) is 3.27. The van der Waals surface area contributed by atoms with Gasteiger partial charge in [0.15, 0.2) is 0 Å². The summed E-state index contributed by atoms with van der Waals surface area (Å²) in [7, 11) is 0. The molecule has 5 heterocycles. The lowest BCUT2D eigenvalue weighted by Gasteiger charge is -2.14. The average molecular weight is 489 g/mol. The SMILES string of the molecule is Fc1cccc(-c2cncc3[nH]c(-c4n[nH]c5ccc(-c6cncc(CN7CCCC7)c6)cc45)cc23)c1. The Morgan fingerprint density at radius 1 is 0.784 bits per heavy atom. The number of aromatic nitrogens is 5. The first kappa shape index (κ1) is 21.9. The standard InChI is InChI=1S/C30H25FN6/c31-23-5-3-4-21(11-23)26-16-33-17-29-24(26)13-28(34-29)30-25-12-20(6-7-27(25)35-36-30)22-10-19(14-32-15-22)18-37-8-1-2-9-37/h3-7,10-17,34H,1-2,8-9,18H2,(H,35,36). The molecule has 2 aromatic carbocycles. The van der Waals surface area contributed by atoms with Gasteiger partial charge in [-0.05, 0) is 79.0 Å². The molecule has 7 rings (SSSR count). The molecule has 0 unspecified atom stereocenters. The summed E-state index contributed by atoms with van der Waals surface area (Å²) < 4.78 is 13.9. The molecule has 6 nitrogen and oxygen atoms in total. The lowest BCUT2D eigenvalue weighted by atomic mass is 10.0. The first-order valence-electron chi connectivity index (χ1n) is 12.6. The number of hydrogen-bond acceptors (Lipinski definition) is 4. The smallest absolute Gasteiger partial charge is 0.123 e. The van der Waals surface area contributed by atoms with Gasteiger partial charge in [-0.25, -0.2) is 4.39 Å². The number of halogens is 1. The molecule has 0 amide bonds. The summed E-state index contributed by atoms with van der Waals surface area (Å²) in [6.07, 6.45) is 10.0. The van der Waals surface area contributed by atoms with E-state index in [1.54, 1.807) is 18.5 Å². The van der Waals surface area contributed by atoms with Gasteiger partial charge < -0.3 is 4.98 Å². The van der Waals surface area contributed by atoms with Crippen molar-refractivity contribution in [2.24, 2.45) is 0 Å². The monoisotopic (exact) mass is 488 g/mol. The molecule has 1 fully saturated rings. The number of nitrogens with one attached hydrogen (secondary N) is 2. The second-order valence-electron chi connectivity index (χ2n) is 9.74. The van der Waals surface area contributed by atoms with E-state index in [0.717, 1.165) is 75.1 Å². The van der Waals surface area contributed by atoms with Gasteiger partial charge in [-0.15, -0.1) is 0 Å². The van der Waals surface area contributed by atoms with Crippen LogP contribution in [0.25, 0.3) is 55.4 Å². The molecule has 2 N–H and O–H groups in total. The maximum Gasteiger partial charge on any atom is 0.123 e. The van der Waals surface area contributed by atoms with Gasteiger partial charge in [0.25, 0.3) is 0 Å². The molecule has 0 bridgehead atoms. The van der Waals surface area contributed by atoms with Crippen molar-refractivity contribution in [3.05, 3.63) is 90.8 Å². The van der Waals surface area contributed by atoms with Crippen LogP contribution in [0, 0.1) is 5.82 Å². The van der Waals surface area contributed by atoms with Crippen molar-refractivity contribution in [2.45, 2.75) is 19.4 Å². The number of benzene rings is 2. The quantitative estimate of drug-likeness (QED) is 0.288. The van der Waals surface area contributed by atoms with Crippen LogP contribution < -0.4 is 0 Å². The second-order valence-corrected chi connectivity index (χ2v) is 9.74. The minimum atomic E-state index is -0.268. The van der Waals surface area contributed by atoms with Gasteiger partial charge in [0.05, 0.1) is 22.9 Å². The van der Waals surface area contributed by atoms with Crippen LogP contribution in [0.15, 0.2) is 79.4 Å². The molecule has 0 saturated carbocycles. The first-order valence-corrected chi connectivity index (χ1v) is 12.6. The van der Waals surface area contributed by atoms with Crippen LogP contribution in [0.5, 0.6) is 0 Å². The van der Waals surface area contributed by atoms with Gasteiger partial charge in [0.1, 0.15) is 11.5 Å². The molecular formula is C30H25FN6. The minimum absolute atomic E-state index is 0.268. The summed E-state index contributed by atoms with van der Waals surface area (Å²) in [5.41, 5.74) is 8.65. The fraction of sp³-hybridized carbons (Fsp3) is 0.167. The van der Waals surface area contributed by atoms with Crippen molar-refractivity contribution in [1.82, 2.24) is 30.0 Å². The predicted octanol–water partition coefficient (Wildman–Crippen LogP) is 6.57. The summed E-state index contributed by atoms with van der Waals surface area (Å²) in [4.78, 5) is 14.9. The molecule has 4 aromatic heterocycles. The Balaban J connectivity index is 1.28. The number of hydrogen-bond donors (Lipinski definition) is 2. The Morgan fingerprint density at radius 3 is 2.57 bits per heavy atom. The van der Waals surface area contributed by atoms with E-state index >= 15 is 0 Å². The van der Waals surface area contributed by atoms with Crippen LogP contribution in [-0.2, 0) is 6.54 Å². The minimum Gasteiger partial charge on any atom is -0.352 e. The van der Waals surface area contributed by atoms with E-state index in [4.69, 9.17) is 0 Å². The van der Waals surface area contributed by atoms with E-state index in [0.29, 0.717) is 0 Å². The highest BCUT2D eigenvalue weighted by Crippen LogP contribution is 2.35. The molecule has 1 saturated heterocycles. The maximum absolute atomic E-state index is 13.9. The number of aromatic amines is 2. The largest absolute Gasteiger partial charge is 0.352 e. The fourth-order valence-electron chi connectivity index (χ4n) is 5.39. The zero-order valence-electron chi connectivity index (χ0n) is 20.2. The summed E-state index contributed by atoms with van der Waals surface area (Å²) >= 11 is 0. The normalized spacial score (nSPS) is 14.2. The molecule has 0 atom stereocenters. The van der Waals surface area contributed by atoms with Crippen molar-refractivity contribution < 1.29 is 4.39 Å². The third kappa shape index (κ3) is 4.07. The second kappa shape index (κ2) is 8.94. The van der Waals surface area contributed by atoms with Crippen molar-refractivity contribution in [2.75, 3.05) is 13.1 Å². The summed E-state index contributed by atoms with van der Waals surface area (Å²) in [5.74, 6) is -0.268. The lowest BCUT2D eigenvalue weighted by Crippen LogP contribution is -2.18. The Hall–Kier alpha value is -4.36. The highest BCUT2D eigenvalue weighted by atomic mass is 19.1. The first-order chi connectivity index (χ1) is 18.2. The van der Waals surface area contributed by atoms with Gasteiger partial charge in [0, 0.05) is 47.0 Å². The number of pyridine rings is 2. The molecule has 182 valence electrons. The number of H-pyrrole nitrogens is 2. The zero-order valence-corrected chi connectivity index (χ0v) is 20.2. The number of fused-ring (bicyclic) bond motifs is 2. The maximum atomic E-state index is 13.9. The number of nitrogens with zero attached hydrogens (tertiary/aromatic N) is 4. The van der Waals surface area contributed by atoms with Gasteiger partial charge in [0.2, 0.25) is 0 Å². The van der Waals surface area contributed by atoms with Crippen LogP contribution >= 0.6 is 0 Å². The third-order valence-corrected chi connectivity index (χ3v) is 7.23. The molecular weight excluding hydrogens is 463 g/mol. The fourth-order valence-corrected chi connectivity index (χ4v) is 5.39. The third-order valence-electron chi connectivity index (χ3n) is 7.23. The van der Waals surface area contributed by atoms with Crippen LogP contribution in [0.3, 0.4) is 0 Å². The van der Waals surface area contributed by atoms with Crippen molar-refractivity contribution in [3.63, 3.8) is 0 Å². The summed E-state index contributed by atoms with van der Waals surface area (Å²) in [6, 6.07) is 17.2. The van der Waals surface area contributed by atoms with Crippen LogP contribution in [0.2, 0.25) is 0 Å². The molecule has 1 aliphatic rings. The van der Waals surface area contributed by atoms with Crippen molar-refractivity contribution in [1.29, 1.82) is 0 Å². The molecule has 7 heteroatoms. The van der Waals surface area contributed by atoms with Gasteiger partial charge in [-0.3, -0.25) is 20.0 Å². The topological polar surface area (TPSA) is 73.5 Å². The van der Waals surface area contributed by atoms with E-state index in [9.17, 15) is 4.39 Å². The predicted molar refractivity (Wildman–Crippen MR) is 144 cm³/mol. The molecule has 1 aliphatic heterocycles. The lowest BCUT2D eigenvalue weighted by molar-refractivity contribution is 0.331. The average Bonchev–Trinajstić information content (AvgIpc) is 3.67.